The summed E-state index contributed by atoms with van der Waals surface area (Å²) in [4.78, 5) is 16.6. The smallest absolute Gasteiger partial charge is 0.416 e. The highest BCUT2D eigenvalue weighted by Crippen LogP contribution is 2.45. The van der Waals surface area contributed by atoms with Crippen LogP contribution in [0.4, 0.5) is 13.2 Å². The highest BCUT2D eigenvalue weighted by atomic mass is 35.5. The third-order valence-electron chi connectivity index (χ3n) is 4.63. The molecule has 0 amide bonds. The number of hydrogen-bond donors (Lipinski definition) is 1. The van der Waals surface area contributed by atoms with Gasteiger partial charge in [-0.05, 0) is 48.7 Å². The van der Waals surface area contributed by atoms with Gasteiger partial charge in [0.25, 0.3) is 0 Å². The first-order valence-corrected chi connectivity index (χ1v) is 8.67. The first kappa shape index (κ1) is 17.8. The molecule has 4 rings (SSSR count). The fourth-order valence-corrected chi connectivity index (χ4v) is 3.45. The van der Waals surface area contributed by atoms with Crippen molar-refractivity contribution < 1.29 is 23.1 Å². The Morgan fingerprint density at radius 3 is 2.52 bits per heavy atom. The number of pyridine rings is 1. The van der Waals surface area contributed by atoms with Crippen molar-refractivity contribution in [3.63, 3.8) is 0 Å². The quantitative estimate of drug-likeness (QED) is 0.582. The molecular weight excluding hydrogens is 379 g/mol. The van der Waals surface area contributed by atoms with Crippen molar-refractivity contribution in [2.75, 3.05) is 0 Å². The van der Waals surface area contributed by atoms with Gasteiger partial charge in [0.2, 0.25) is 0 Å². The number of halogens is 4. The molecule has 27 heavy (non-hydrogen) atoms. The predicted molar refractivity (Wildman–Crippen MR) is 96.1 cm³/mol. The van der Waals surface area contributed by atoms with Gasteiger partial charge in [-0.2, -0.15) is 13.2 Å². The number of nitrogens with zero attached hydrogens (tertiary/aromatic N) is 1. The molecule has 0 unspecified atom stereocenters. The lowest BCUT2D eigenvalue weighted by molar-refractivity contribution is -0.137. The summed E-state index contributed by atoms with van der Waals surface area (Å²) < 4.78 is 39.6. The monoisotopic (exact) mass is 391 g/mol. The zero-order valence-corrected chi connectivity index (χ0v) is 14.6. The second-order valence-corrected chi connectivity index (χ2v) is 7.00. The van der Waals surface area contributed by atoms with E-state index in [4.69, 9.17) is 11.6 Å². The van der Waals surface area contributed by atoms with Gasteiger partial charge in [0, 0.05) is 21.9 Å². The topological polar surface area (TPSA) is 50.2 Å². The van der Waals surface area contributed by atoms with Crippen LogP contribution in [0.15, 0.2) is 42.5 Å². The van der Waals surface area contributed by atoms with Crippen molar-refractivity contribution in [1.29, 1.82) is 0 Å². The van der Waals surface area contributed by atoms with E-state index in [1.54, 1.807) is 18.2 Å². The maximum Gasteiger partial charge on any atom is 0.416 e. The maximum atomic E-state index is 13.2. The summed E-state index contributed by atoms with van der Waals surface area (Å²) in [6, 6.07) is 9.52. The molecule has 1 heterocycles. The van der Waals surface area contributed by atoms with E-state index in [1.807, 2.05) is 0 Å². The fourth-order valence-electron chi connectivity index (χ4n) is 3.27. The lowest BCUT2D eigenvalue weighted by Gasteiger charge is -2.16. The second-order valence-electron chi connectivity index (χ2n) is 6.57. The van der Waals surface area contributed by atoms with Crippen LogP contribution in [-0.4, -0.2) is 16.1 Å². The predicted octanol–water partition coefficient (Wildman–Crippen LogP) is 6.15. The van der Waals surface area contributed by atoms with Gasteiger partial charge in [-0.25, -0.2) is 4.79 Å². The minimum atomic E-state index is -4.53. The molecular formula is C20H13ClF3NO2. The Labute approximate surface area is 157 Å². The molecule has 0 atom stereocenters. The zero-order chi connectivity index (χ0) is 19.3. The number of hydrogen-bond acceptors (Lipinski definition) is 2. The summed E-state index contributed by atoms with van der Waals surface area (Å²) >= 11 is 6.07. The van der Waals surface area contributed by atoms with Gasteiger partial charge in [0.05, 0.1) is 22.3 Å². The van der Waals surface area contributed by atoms with E-state index in [0.717, 1.165) is 25.0 Å². The van der Waals surface area contributed by atoms with Crippen LogP contribution in [0, 0.1) is 0 Å². The van der Waals surface area contributed by atoms with Crippen LogP contribution in [0.2, 0.25) is 5.02 Å². The Kier molecular flexibility index (Phi) is 4.11. The van der Waals surface area contributed by atoms with Gasteiger partial charge in [0.1, 0.15) is 0 Å². The van der Waals surface area contributed by atoms with Crippen molar-refractivity contribution in [3.05, 3.63) is 64.3 Å². The molecule has 3 aromatic rings. The summed E-state index contributed by atoms with van der Waals surface area (Å²) in [5, 5.41) is 10.6. The van der Waals surface area contributed by atoms with Crippen molar-refractivity contribution in [1.82, 2.24) is 4.98 Å². The van der Waals surface area contributed by atoms with Crippen molar-refractivity contribution in [3.8, 4) is 11.1 Å². The standard InChI is InChI=1S/C20H13ClF3NO2/c21-13-6-7-15-14(9-13)16(11-2-1-3-12(8-11)20(22,23)24)17(19(26)27)18(25-15)10-4-5-10/h1-3,6-10H,4-5H2,(H,26,27). The molecule has 1 saturated carbocycles. The van der Waals surface area contributed by atoms with Gasteiger partial charge >= 0.3 is 12.1 Å². The van der Waals surface area contributed by atoms with Crippen LogP contribution < -0.4 is 0 Å². The highest BCUT2D eigenvalue weighted by Gasteiger charge is 2.34. The molecule has 0 bridgehead atoms. The van der Waals surface area contributed by atoms with E-state index in [0.29, 0.717) is 21.6 Å². The lowest BCUT2D eigenvalue weighted by Crippen LogP contribution is -2.09. The molecule has 3 nitrogen and oxygen atoms in total. The minimum absolute atomic E-state index is 0.0146. The summed E-state index contributed by atoms with van der Waals surface area (Å²) in [6.45, 7) is 0. The van der Waals surface area contributed by atoms with Crippen molar-refractivity contribution in [2.24, 2.45) is 0 Å². The summed E-state index contributed by atoms with van der Waals surface area (Å²) in [6.07, 6.45) is -2.90. The Hall–Kier alpha value is -2.60. The third kappa shape index (κ3) is 3.25. The van der Waals surface area contributed by atoms with Gasteiger partial charge in [-0.3, -0.25) is 4.98 Å². The molecule has 138 valence electrons. The molecule has 1 fully saturated rings. The molecule has 2 aromatic carbocycles. The number of fused-ring (bicyclic) bond motifs is 1. The Morgan fingerprint density at radius 1 is 1.15 bits per heavy atom. The first-order valence-electron chi connectivity index (χ1n) is 8.30. The number of benzene rings is 2. The SMILES string of the molecule is O=C(O)c1c(C2CC2)nc2ccc(Cl)cc2c1-c1cccc(C(F)(F)F)c1. The molecule has 1 aliphatic carbocycles. The van der Waals surface area contributed by atoms with Crippen LogP contribution in [0.1, 0.15) is 40.4 Å². The average molecular weight is 392 g/mol. The molecule has 0 spiro atoms. The number of rotatable bonds is 3. The minimum Gasteiger partial charge on any atom is -0.478 e. The van der Waals surface area contributed by atoms with Crippen LogP contribution >= 0.6 is 11.6 Å². The fraction of sp³-hybridized carbons (Fsp3) is 0.200. The van der Waals surface area contributed by atoms with E-state index in [1.165, 1.54) is 12.1 Å². The first-order chi connectivity index (χ1) is 12.8. The highest BCUT2D eigenvalue weighted by molar-refractivity contribution is 6.31. The molecule has 0 saturated heterocycles. The third-order valence-corrected chi connectivity index (χ3v) is 4.87. The zero-order valence-electron chi connectivity index (χ0n) is 13.8. The van der Waals surface area contributed by atoms with Gasteiger partial charge in [-0.1, -0.05) is 23.7 Å². The van der Waals surface area contributed by atoms with E-state index in [-0.39, 0.29) is 22.6 Å². The van der Waals surface area contributed by atoms with Gasteiger partial charge in [-0.15, -0.1) is 0 Å². The van der Waals surface area contributed by atoms with E-state index in [9.17, 15) is 23.1 Å². The Morgan fingerprint density at radius 2 is 1.89 bits per heavy atom. The number of carboxylic acid groups (broad SMARTS) is 1. The lowest BCUT2D eigenvalue weighted by atomic mass is 9.92. The molecule has 1 aromatic heterocycles. The molecule has 1 N–H and O–H groups in total. The van der Waals surface area contributed by atoms with E-state index in [2.05, 4.69) is 4.98 Å². The second kappa shape index (κ2) is 6.23. The summed E-state index contributed by atoms with van der Waals surface area (Å²) in [7, 11) is 0. The molecule has 0 radical (unpaired) electrons. The van der Waals surface area contributed by atoms with Gasteiger partial charge in [0.15, 0.2) is 0 Å². The van der Waals surface area contributed by atoms with E-state index < -0.39 is 17.7 Å². The summed E-state index contributed by atoms with van der Waals surface area (Å²) in [5.41, 5.74) is 0.452. The van der Waals surface area contributed by atoms with Crippen LogP contribution in [-0.2, 0) is 6.18 Å². The van der Waals surface area contributed by atoms with Crippen molar-refractivity contribution in [2.45, 2.75) is 24.9 Å². The normalized spacial score (nSPS) is 14.5. The number of aromatic carboxylic acids is 1. The number of carbonyl (C=O) groups is 1. The van der Waals surface area contributed by atoms with Gasteiger partial charge < -0.3 is 5.11 Å². The Bertz CT molecular complexity index is 1070. The molecule has 1 aliphatic rings. The number of aromatic nitrogens is 1. The van der Waals surface area contributed by atoms with Crippen molar-refractivity contribution >= 4 is 28.5 Å². The largest absolute Gasteiger partial charge is 0.478 e. The molecule has 0 aliphatic heterocycles. The number of alkyl halides is 3. The van der Waals surface area contributed by atoms with Crippen LogP contribution in [0.5, 0.6) is 0 Å². The average Bonchev–Trinajstić information content (AvgIpc) is 3.44. The van der Waals surface area contributed by atoms with E-state index >= 15 is 0 Å². The number of carboxylic acids is 1. The summed E-state index contributed by atoms with van der Waals surface area (Å²) in [5.74, 6) is -1.19. The van der Waals surface area contributed by atoms with Crippen LogP contribution in [0.25, 0.3) is 22.0 Å². The Balaban J connectivity index is 2.10. The molecule has 7 heteroatoms. The van der Waals surface area contributed by atoms with Crippen LogP contribution in [0.3, 0.4) is 0 Å². The maximum absolute atomic E-state index is 13.2.